The Morgan fingerprint density at radius 3 is 2.90 bits per heavy atom. The molecule has 0 aliphatic heterocycles. The van der Waals surface area contributed by atoms with Gasteiger partial charge in [-0.05, 0) is 24.2 Å². The van der Waals surface area contributed by atoms with Gasteiger partial charge in [0.1, 0.15) is 6.61 Å². The second-order valence-electron chi connectivity index (χ2n) is 4.24. The summed E-state index contributed by atoms with van der Waals surface area (Å²) in [6.45, 7) is 2.99. The predicted octanol–water partition coefficient (Wildman–Crippen LogP) is 2.41. The Morgan fingerprint density at radius 1 is 1.40 bits per heavy atom. The van der Waals surface area contributed by atoms with Gasteiger partial charge >= 0.3 is 0 Å². The Morgan fingerprint density at radius 2 is 2.20 bits per heavy atom. The lowest BCUT2D eigenvalue weighted by atomic mass is 10.2. The third-order valence-electron chi connectivity index (χ3n) is 2.51. The van der Waals surface area contributed by atoms with Gasteiger partial charge < -0.3 is 15.4 Å². The Bertz CT molecular complexity index is 414. The zero-order valence-electron chi connectivity index (χ0n) is 11.5. The molecule has 0 saturated heterocycles. The highest BCUT2D eigenvalue weighted by molar-refractivity contribution is 5.90. The van der Waals surface area contributed by atoms with E-state index in [1.807, 2.05) is 25.1 Å². The van der Waals surface area contributed by atoms with Gasteiger partial charge in [-0.15, -0.1) is 0 Å². The molecule has 1 aromatic carbocycles. The van der Waals surface area contributed by atoms with Crippen molar-refractivity contribution in [2.75, 3.05) is 25.1 Å². The van der Waals surface area contributed by atoms with E-state index in [-0.39, 0.29) is 18.9 Å². The number of hydrogen-bond donors (Lipinski definition) is 2. The molecule has 0 spiro atoms. The highest BCUT2D eigenvalue weighted by Gasteiger charge is 2.05. The first-order valence-electron chi connectivity index (χ1n) is 6.57. The zero-order valence-corrected chi connectivity index (χ0v) is 11.5. The van der Waals surface area contributed by atoms with Crippen LogP contribution < -0.4 is 10.6 Å². The van der Waals surface area contributed by atoms with Crippen molar-refractivity contribution in [3.05, 3.63) is 29.8 Å². The molecule has 0 aliphatic rings. The van der Waals surface area contributed by atoms with Gasteiger partial charge in [0.15, 0.2) is 0 Å². The number of amides is 1. The van der Waals surface area contributed by atoms with Gasteiger partial charge in [-0.3, -0.25) is 4.79 Å². The van der Waals surface area contributed by atoms with Crippen molar-refractivity contribution < 1.29 is 18.3 Å². The fourth-order valence-corrected chi connectivity index (χ4v) is 1.59. The van der Waals surface area contributed by atoms with Crippen molar-refractivity contribution in [2.45, 2.75) is 26.3 Å². The molecule has 0 aromatic heterocycles. The number of carbonyl (C=O) groups excluding carboxylic acids is 1. The van der Waals surface area contributed by atoms with E-state index in [4.69, 9.17) is 0 Å². The average molecular weight is 286 g/mol. The van der Waals surface area contributed by atoms with Crippen LogP contribution in [0.25, 0.3) is 0 Å². The Kier molecular flexibility index (Phi) is 7.75. The second-order valence-corrected chi connectivity index (χ2v) is 4.24. The number of rotatable bonds is 9. The van der Waals surface area contributed by atoms with Gasteiger partial charge in [0.2, 0.25) is 5.91 Å². The molecule has 0 bridgehead atoms. The molecule has 0 fully saturated rings. The molecule has 0 aliphatic carbocycles. The summed E-state index contributed by atoms with van der Waals surface area (Å²) in [5.41, 5.74) is 1.76. The number of carbonyl (C=O) groups is 1. The van der Waals surface area contributed by atoms with E-state index in [1.165, 1.54) is 0 Å². The summed E-state index contributed by atoms with van der Waals surface area (Å²) < 4.78 is 28.3. The SMILES string of the molecule is CCNCc1cccc(NC(=O)CCOCC(F)F)c1. The maximum absolute atomic E-state index is 11.8. The Labute approximate surface area is 117 Å². The van der Waals surface area contributed by atoms with E-state index in [1.54, 1.807) is 6.07 Å². The standard InChI is InChI=1S/C14H20F2N2O2/c1-2-17-9-11-4-3-5-12(8-11)18-14(19)6-7-20-10-13(15)16/h3-5,8,13,17H,2,6-7,9-10H2,1H3,(H,18,19). The topological polar surface area (TPSA) is 50.4 Å². The fraction of sp³-hybridized carbons (Fsp3) is 0.500. The largest absolute Gasteiger partial charge is 0.375 e. The maximum atomic E-state index is 11.8. The highest BCUT2D eigenvalue weighted by Crippen LogP contribution is 2.11. The number of anilines is 1. The van der Waals surface area contributed by atoms with Crippen LogP contribution in [0.4, 0.5) is 14.5 Å². The third-order valence-corrected chi connectivity index (χ3v) is 2.51. The molecule has 1 rings (SSSR count). The molecule has 6 heteroatoms. The van der Waals surface area contributed by atoms with Crippen LogP contribution in [0.2, 0.25) is 0 Å². The first kappa shape index (κ1) is 16.5. The van der Waals surface area contributed by atoms with E-state index >= 15 is 0 Å². The fourth-order valence-electron chi connectivity index (χ4n) is 1.59. The minimum atomic E-state index is -2.50. The lowest BCUT2D eigenvalue weighted by molar-refractivity contribution is -0.117. The number of halogens is 2. The summed E-state index contributed by atoms with van der Waals surface area (Å²) in [4.78, 5) is 11.6. The first-order valence-corrected chi connectivity index (χ1v) is 6.57. The lowest BCUT2D eigenvalue weighted by Gasteiger charge is -2.08. The van der Waals surface area contributed by atoms with Crippen molar-refractivity contribution in [3.8, 4) is 0 Å². The van der Waals surface area contributed by atoms with Crippen LogP contribution >= 0.6 is 0 Å². The number of benzene rings is 1. The number of alkyl halides is 2. The monoisotopic (exact) mass is 286 g/mol. The summed E-state index contributed by atoms with van der Waals surface area (Å²) in [7, 11) is 0. The summed E-state index contributed by atoms with van der Waals surface area (Å²) in [6.07, 6.45) is -2.44. The summed E-state index contributed by atoms with van der Waals surface area (Å²) in [5, 5.41) is 5.91. The van der Waals surface area contributed by atoms with Crippen LogP contribution in [-0.4, -0.2) is 32.1 Å². The third kappa shape index (κ3) is 7.16. The van der Waals surface area contributed by atoms with Crippen molar-refractivity contribution in [2.24, 2.45) is 0 Å². The summed E-state index contributed by atoms with van der Waals surface area (Å²) >= 11 is 0. The van der Waals surface area contributed by atoms with E-state index in [9.17, 15) is 13.6 Å². The van der Waals surface area contributed by atoms with E-state index in [0.717, 1.165) is 18.7 Å². The minimum absolute atomic E-state index is 0.00669. The van der Waals surface area contributed by atoms with E-state index < -0.39 is 13.0 Å². The number of hydrogen-bond acceptors (Lipinski definition) is 3. The molecule has 1 amide bonds. The predicted molar refractivity (Wildman–Crippen MR) is 73.9 cm³/mol. The molecule has 0 unspecified atom stereocenters. The normalized spacial score (nSPS) is 10.8. The highest BCUT2D eigenvalue weighted by atomic mass is 19.3. The smallest absolute Gasteiger partial charge is 0.261 e. The van der Waals surface area contributed by atoms with E-state index in [0.29, 0.717) is 5.69 Å². The molecule has 2 N–H and O–H groups in total. The van der Waals surface area contributed by atoms with Crippen molar-refractivity contribution in [1.29, 1.82) is 0 Å². The zero-order chi connectivity index (χ0) is 14.8. The number of nitrogens with one attached hydrogen (secondary N) is 2. The van der Waals surface area contributed by atoms with Gasteiger partial charge in [-0.25, -0.2) is 8.78 Å². The molecule has 4 nitrogen and oxygen atoms in total. The first-order chi connectivity index (χ1) is 9.61. The number of ether oxygens (including phenoxy) is 1. The van der Waals surface area contributed by atoms with Crippen LogP contribution in [0.15, 0.2) is 24.3 Å². The molecular formula is C14H20F2N2O2. The average Bonchev–Trinajstić information content (AvgIpc) is 2.41. The quantitative estimate of drug-likeness (QED) is 0.685. The molecular weight excluding hydrogens is 266 g/mol. The summed E-state index contributed by atoms with van der Waals surface area (Å²) in [5.74, 6) is -0.250. The van der Waals surface area contributed by atoms with Crippen molar-refractivity contribution in [1.82, 2.24) is 5.32 Å². The van der Waals surface area contributed by atoms with Crippen molar-refractivity contribution in [3.63, 3.8) is 0 Å². The van der Waals surface area contributed by atoms with Crippen LogP contribution in [-0.2, 0) is 16.1 Å². The van der Waals surface area contributed by atoms with Crippen LogP contribution in [0.5, 0.6) is 0 Å². The maximum Gasteiger partial charge on any atom is 0.261 e. The Balaban J connectivity index is 2.33. The van der Waals surface area contributed by atoms with Gasteiger partial charge in [-0.1, -0.05) is 19.1 Å². The minimum Gasteiger partial charge on any atom is -0.375 e. The molecule has 0 saturated carbocycles. The van der Waals surface area contributed by atoms with Gasteiger partial charge in [0.25, 0.3) is 6.43 Å². The van der Waals surface area contributed by atoms with E-state index in [2.05, 4.69) is 15.4 Å². The van der Waals surface area contributed by atoms with Crippen molar-refractivity contribution >= 4 is 11.6 Å². The molecule has 20 heavy (non-hydrogen) atoms. The molecule has 0 heterocycles. The van der Waals surface area contributed by atoms with Gasteiger partial charge in [0, 0.05) is 12.2 Å². The summed E-state index contributed by atoms with van der Waals surface area (Å²) in [6, 6.07) is 7.48. The Hall–Kier alpha value is -1.53. The van der Waals surface area contributed by atoms with Crippen LogP contribution in [0, 0.1) is 0 Å². The van der Waals surface area contributed by atoms with Gasteiger partial charge in [0.05, 0.1) is 13.0 Å². The lowest BCUT2D eigenvalue weighted by Crippen LogP contribution is -2.16. The molecule has 112 valence electrons. The molecule has 0 atom stereocenters. The van der Waals surface area contributed by atoms with Crippen LogP contribution in [0.1, 0.15) is 18.9 Å². The van der Waals surface area contributed by atoms with Crippen LogP contribution in [0.3, 0.4) is 0 Å². The van der Waals surface area contributed by atoms with Gasteiger partial charge in [-0.2, -0.15) is 0 Å². The second kappa shape index (κ2) is 9.39. The molecule has 0 radical (unpaired) electrons. The molecule has 1 aromatic rings.